The molecule has 1 amide bonds. The molecule has 2 aromatic rings. The first-order chi connectivity index (χ1) is 10.7. The third-order valence-corrected chi connectivity index (χ3v) is 3.58. The Kier molecular flexibility index (Phi) is 4.42. The van der Waals surface area contributed by atoms with E-state index < -0.39 is 0 Å². The molecule has 1 fully saturated rings. The quantitative estimate of drug-likeness (QED) is 0.785. The average molecular weight is 306 g/mol. The highest BCUT2D eigenvalue weighted by Crippen LogP contribution is 2.20. The topological polar surface area (TPSA) is 99.2 Å². The summed E-state index contributed by atoms with van der Waals surface area (Å²) in [6.45, 7) is 3.26. The fraction of sp³-hybridized carbons (Fsp3) is 0.615. The molecule has 2 aromatic heterocycles. The molecule has 3 rings (SSSR count). The van der Waals surface area contributed by atoms with E-state index in [2.05, 4.69) is 20.2 Å². The zero-order valence-electron chi connectivity index (χ0n) is 12.4. The minimum atomic E-state index is -0.0407. The summed E-state index contributed by atoms with van der Waals surface area (Å²) < 4.78 is 12.1. The fourth-order valence-corrected chi connectivity index (χ4v) is 2.52. The van der Waals surface area contributed by atoms with E-state index in [9.17, 15) is 4.79 Å². The molecule has 1 aliphatic heterocycles. The number of carbonyl (C=O) groups excluding carboxylic acids is 1. The maximum atomic E-state index is 12.2. The summed E-state index contributed by atoms with van der Waals surface area (Å²) in [4.78, 5) is 22.0. The van der Waals surface area contributed by atoms with E-state index in [1.165, 1.54) is 6.33 Å². The third-order valence-electron chi connectivity index (χ3n) is 3.58. The van der Waals surface area contributed by atoms with Crippen LogP contribution in [0.1, 0.15) is 30.6 Å². The molecule has 0 aliphatic carbocycles. The summed E-state index contributed by atoms with van der Waals surface area (Å²) in [5.41, 5.74) is 0. The molecule has 0 bridgehead atoms. The van der Waals surface area contributed by atoms with Crippen LogP contribution < -0.4 is 0 Å². The second-order valence-corrected chi connectivity index (χ2v) is 5.24. The zero-order chi connectivity index (χ0) is 15.4. The van der Waals surface area contributed by atoms with Gasteiger partial charge in [0.25, 0.3) is 5.89 Å². The number of ether oxygens (including phenoxy) is 1. The van der Waals surface area contributed by atoms with Crippen molar-refractivity contribution in [3.05, 3.63) is 24.4 Å². The lowest BCUT2D eigenvalue weighted by atomic mass is 10.1. The smallest absolute Gasteiger partial charge is 0.252 e. The van der Waals surface area contributed by atoms with Crippen LogP contribution in [0.2, 0.25) is 0 Å². The molecule has 9 heteroatoms. The van der Waals surface area contributed by atoms with Crippen LogP contribution in [0.5, 0.6) is 0 Å². The van der Waals surface area contributed by atoms with E-state index in [4.69, 9.17) is 9.26 Å². The number of hydrogen-bond donors (Lipinski definition) is 0. The fourth-order valence-electron chi connectivity index (χ4n) is 2.52. The van der Waals surface area contributed by atoms with Gasteiger partial charge in [0.1, 0.15) is 25.9 Å². The molecule has 0 aromatic carbocycles. The Hall–Kier alpha value is -2.29. The summed E-state index contributed by atoms with van der Waals surface area (Å²) >= 11 is 0. The summed E-state index contributed by atoms with van der Waals surface area (Å²) in [7, 11) is 0. The van der Waals surface area contributed by atoms with Gasteiger partial charge >= 0.3 is 0 Å². The first-order valence-electron chi connectivity index (χ1n) is 7.21. The van der Waals surface area contributed by atoms with Crippen molar-refractivity contribution >= 4 is 5.91 Å². The van der Waals surface area contributed by atoms with Crippen molar-refractivity contribution in [2.75, 3.05) is 19.7 Å². The van der Waals surface area contributed by atoms with Crippen molar-refractivity contribution < 1.29 is 14.1 Å². The molecule has 118 valence electrons. The number of likely N-dealkylation sites (tertiary alicyclic amines) is 1. The molecule has 1 aliphatic rings. The van der Waals surface area contributed by atoms with Crippen molar-refractivity contribution in [3.8, 4) is 0 Å². The van der Waals surface area contributed by atoms with Gasteiger partial charge < -0.3 is 14.2 Å². The van der Waals surface area contributed by atoms with E-state index >= 15 is 0 Å². The second-order valence-electron chi connectivity index (χ2n) is 5.24. The highest BCUT2D eigenvalue weighted by molar-refractivity contribution is 5.77. The van der Waals surface area contributed by atoms with Gasteiger partial charge in [0.05, 0.1) is 6.04 Å². The maximum Gasteiger partial charge on any atom is 0.252 e. The normalized spacial score (nSPS) is 18.6. The predicted molar refractivity (Wildman–Crippen MR) is 73.6 cm³/mol. The molecule has 1 unspecified atom stereocenters. The summed E-state index contributed by atoms with van der Waals surface area (Å²) in [5, 5.41) is 7.81. The number of piperidine rings is 1. The molecular weight excluding hydrogens is 288 g/mol. The van der Waals surface area contributed by atoms with Gasteiger partial charge in [0, 0.05) is 13.1 Å². The number of rotatable bonds is 5. The van der Waals surface area contributed by atoms with Crippen molar-refractivity contribution in [3.63, 3.8) is 0 Å². The SMILES string of the molecule is Cc1noc(COCC(=O)N2CCCC(n3cncn3)C2)n1. The van der Waals surface area contributed by atoms with Crippen LogP contribution in [0, 0.1) is 6.92 Å². The van der Waals surface area contributed by atoms with Gasteiger partial charge in [-0.15, -0.1) is 0 Å². The van der Waals surface area contributed by atoms with Gasteiger partial charge in [-0.25, -0.2) is 9.67 Å². The van der Waals surface area contributed by atoms with Gasteiger partial charge in [0.2, 0.25) is 5.91 Å². The summed E-state index contributed by atoms with van der Waals surface area (Å²) in [5.74, 6) is 0.891. The number of nitrogens with zero attached hydrogens (tertiary/aromatic N) is 6. The van der Waals surface area contributed by atoms with Crippen LogP contribution >= 0.6 is 0 Å². The molecule has 3 heterocycles. The molecule has 0 N–H and O–H groups in total. The standard InChI is InChI=1S/C13H18N6O3/c1-10-16-12(22-17-10)6-21-7-13(20)18-4-2-3-11(5-18)19-9-14-8-15-19/h8-9,11H,2-7H2,1H3. The Morgan fingerprint density at radius 3 is 3.18 bits per heavy atom. The van der Waals surface area contributed by atoms with E-state index in [1.54, 1.807) is 18.2 Å². The highest BCUT2D eigenvalue weighted by atomic mass is 16.5. The maximum absolute atomic E-state index is 12.2. The molecule has 9 nitrogen and oxygen atoms in total. The van der Waals surface area contributed by atoms with Gasteiger partial charge in [0.15, 0.2) is 5.82 Å². The number of carbonyl (C=O) groups is 1. The molecular formula is C13H18N6O3. The Balaban J connectivity index is 1.47. The molecule has 1 saturated heterocycles. The first kappa shape index (κ1) is 14.6. The van der Waals surface area contributed by atoms with Crippen molar-refractivity contribution in [1.29, 1.82) is 0 Å². The molecule has 0 radical (unpaired) electrons. The minimum Gasteiger partial charge on any atom is -0.362 e. The lowest BCUT2D eigenvalue weighted by Gasteiger charge is -2.32. The van der Waals surface area contributed by atoms with Crippen LogP contribution in [0.25, 0.3) is 0 Å². The summed E-state index contributed by atoms with van der Waals surface area (Å²) in [6, 6.07) is 0.179. The highest BCUT2D eigenvalue weighted by Gasteiger charge is 2.25. The lowest BCUT2D eigenvalue weighted by Crippen LogP contribution is -2.42. The van der Waals surface area contributed by atoms with Gasteiger partial charge in [-0.05, 0) is 19.8 Å². The van der Waals surface area contributed by atoms with Crippen molar-refractivity contribution in [2.45, 2.75) is 32.4 Å². The Morgan fingerprint density at radius 1 is 1.55 bits per heavy atom. The zero-order valence-corrected chi connectivity index (χ0v) is 12.4. The average Bonchev–Trinajstić information content (AvgIpc) is 3.19. The van der Waals surface area contributed by atoms with E-state index in [1.807, 2.05) is 4.68 Å². The van der Waals surface area contributed by atoms with Gasteiger partial charge in [-0.1, -0.05) is 5.16 Å². The van der Waals surface area contributed by atoms with Gasteiger partial charge in [-0.2, -0.15) is 10.1 Å². The van der Waals surface area contributed by atoms with Crippen molar-refractivity contribution in [2.24, 2.45) is 0 Å². The number of aromatic nitrogens is 5. The minimum absolute atomic E-state index is 0.00546. The van der Waals surface area contributed by atoms with Gasteiger partial charge in [-0.3, -0.25) is 4.79 Å². The summed E-state index contributed by atoms with van der Waals surface area (Å²) in [6.07, 6.45) is 5.14. The second kappa shape index (κ2) is 6.65. The van der Waals surface area contributed by atoms with E-state index in [0.717, 1.165) is 19.4 Å². The predicted octanol–water partition coefficient (Wildman–Crippen LogP) is 0.350. The van der Waals surface area contributed by atoms with Crippen LogP contribution in [0.15, 0.2) is 17.2 Å². The number of amides is 1. The lowest BCUT2D eigenvalue weighted by molar-refractivity contribution is -0.138. The molecule has 0 spiro atoms. The van der Waals surface area contributed by atoms with E-state index in [0.29, 0.717) is 18.3 Å². The van der Waals surface area contributed by atoms with Crippen LogP contribution in [0.3, 0.4) is 0 Å². The first-order valence-corrected chi connectivity index (χ1v) is 7.21. The van der Waals surface area contributed by atoms with Crippen LogP contribution in [-0.4, -0.2) is 55.4 Å². The number of aryl methyl sites for hydroxylation is 1. The number of hydrogen-bond acceptors (Lipinski definition) is 7. The molecule has 1 atom stereocenters. The molecule has 0 saturated carbocycles. The van der Waals surface area contributed by atoms with Crippen LogP contribution in [0.4, 0.5) is 0 Å². The molecule has 22 heavy (non-hydrogen) atoms. The third kappa shape index (κ3) is 3.48. The Morgan fingerprint density at radius 2 is 2.45 bits per heavy atom. The van der Waals surface area contributed by atoms with Crippen molar-refractivity contribution in [1.82, 2.24) is 29.8 Å². The Bertz CT molecular complexity index is 611. The largest absolute Gasteiger partial charge is 0.362 e. The Labute approximate surface area is 127 Å². The monoisotopic (exact) mass is 306 g/mol. The van der Waals surface area contributed by atoms with E-state index in [-0.39, 0.29) is 25.2 Å². The van der Waals surface area contributed by atoms with Crippen LogP contribution in [-0.2, 0) is 16.1 Å².